The summed E-state index contributed by atoms with van der Waals surface area (Å²) in [5.74, 6) is -0.667. The molecule has 180 valence electrons. The Labute approximate surface area is 197 Å². The largest absolute Gasteiger partial charge is 0.462 e. The number of benzene rings is 2. The summed E-state index contributed by atoms with van der Waals surface area (Å²) in [5, 5.41) is 19.4. The van der Waals surface area contributed by atoms with E-state index in [0.29, 0.717) is 36.8 Å². The van der Waals surface area contributed by atoms with Crippen LogP contribution in [-0.2, 0) is 28.8 Å². The van der Waals surface area contributed by atoms with Crippen LogP contribution >= 0.6 is 0 Å². The number of esters is 1. The molecule has 0 aliphatic heterocycles. The van der Waals surface area contributed by atoms with Crippen LogP contribution in [-0.4, -0.2) is 36.0 Å². The quantitative estimate of drug-likeness (QED) is 0.240. The molecule has 0 unspecified atom stereocenters. The minimum Gasteiger partial charge on any atom is -0.462 e. The van der Waals surface area contributed by atoms with Crippen molar-refractivity contribution in [2.75, 3.05) is 19.8 Å². The van der Waals surface area contributed by atoms with Crippen LogP contribution in [0, 0.1) is 11.2 Å². The van der Waals surface area contributed by atoms with Crippen LogP contribution in [0.1, 0.15) is 56.7 Å². The van der Waals surface area contributed by atoms with Gasteiger partial charge in [-0.05, 0) is 73.8 Å². The first-order valence-corrected chi connectivity index (χ1v) is 11.7. The monoisotopic (exact) mass is 456 g/mol. The Hall–Kier alpha value is -2.50. The van der Waals surface area contributed by atoms with E-state index in [1.807, 2.05) is 31.2 Å². The van der Waals surface area contributed by atoms with Crippen molar-refractivity contribution < 1.29 is 24.1 Å². The van der Waals surface area contributed by atoms with Gasteiger partial charge in [0.1, 0.15) is 5.82 Å². The second kappa shape index (κ2) is 12.7. The van der Waals surface area contributed by atoms with Crippen LogP contribution in [0.25, 0.3) is 11.1 Å². The van der Waals surface area contributed by atoms with E-state index in [2.05, 4.69) is 19.6 Å². The van der Waals surface area contributed by atoms with Gasteiger partial charge in [-0.2, -0.15) is 0 Å². The zero-order valence-electron chi connectivity index (χ0n) is 20.1. The van der Waals surface area contributed by atoms with Gasteiger partial charge in [0.25, 0.3) is 0 Å². The molecule has 5 heteroatoms. The maximum absolute atomic E-state index is 15.0. The molecule has 33 heavy (non-hydrogen) atoms. The van der Waals surface area contributed by atoms with Crippen LogP contribution in [0.4, 0.5) is 4.39 Å². The molecule has 0 fully saturated rings. The molecule has 0 radical (unpaired) electrons. The fraction of sp³-hybridized carbons (Fsp3) is 0.464. The number of carbonyl (C=O) groups excluding carboxylic acids is 1. The maximum Gasteiger partial charge on any atom is 0.333 e. The van der Waals surface area contributed by atoms with Crippen LogP contribution in [0.2, 0.25) is 0 Å². The third-order valence-corrected chi connectivity index (χ3v) is 6.43. The number of aliphatic hydroxyl groups excluding tert-OH is 2. The third kappa shape index (κ3) is 7.24. The highest BCUT2D eigenvalue weighted by molar-refractivity contribution is 5.86. The molecule has 0 heterocycles. The van der Waals surface area contributed by atoms with Gasteiger partial charge in [-0.1, -0.05) is 50.8 Å². The molecule has 0 amide bonds. The van der Waals surface area contributed by atoms with Gasteiger partial charge >= 0.3 is 5.97 Å². The topological polar surface area (TPSA) is 66.8 Å². The van der Waals surface area contributed by atoms with Crippen molar-refractivity contribution in [1.29, 1.82) is 0 Å². The van der Waals surface area contributed by atoms with Gasteiger partial charge in [0.05, 0.1) is 19.8 Å². The van der Waals surface area contributed by atoms with Crippen molar-refractivity contribution in [3.05, 3.63) is 71.1 Å². The molecule has 0 aliphatic rings. The molecular formula is C28H37FO4. The lowest BCUT2D eigenvalue weighted by Crippen LogP contribution is -2.29. The molecule has 0 aromatic heterocycles. The molecule has 4 nitrogen and oxygen atoms in total. The van der Waals surface area contributed by atoms with Crippen molar-refractivity contribution in [2.24, 2.45) is 5.41 Å². The molecular weight excluding hydrogens is 419 g/mol. The molecule has 0 aliphatic carbocycles. The highest BCUT2D eigenvalue weighted by Gasteiger charge is 2.26. The SMILES string of the molecule is C=C(C)C(=O)OCCCc1ccc(-c2ccc(CCC(CC)(CO)CO)cc2CC)c(F)c1. The van der Waals surface area contributed by atoms with Crippen molar-refractivity contribution in [1.82, 2.24) is 0 Å². The summed E-state index contributed by atoms with van der Waals surface area (Å²) in [5.41, 5.74) is 4.42. The molecule has 2 aromatic rings. The summed E-state index contributed by atoms with van der Waals surface area (Å²) in [7, 11) is 0. The molecule has 0 saturated carbocycles. The summed E-state index contributed by atoms with van der Waals surface area (Å²) in [4.78, 5) is 11.4. The Morgan fingerprint density at radius 1 is 1.03 bits per heavy atom. The fourth-order valence-corrected chi connectivity index (χ4v) is 3.87. The number of hydrogen-bond acceptors (Lipinski definition) is 4. The molecule has 0 saturated heterocycles. The summed E-state index contributed by atoms with van der Waals surface area (Å²) in [6.45, 7) is 9.40. The smallest absolute Gasteiger partial charge is 0.333 e. The number of halogens is 1. The van der Waals surface area contributed by atoms with E-state index in [0.717, 1.165) is 35.1 Å². The summed E-state index contributed by atoms with van der Waals surface area (Å²) >= 11 is 0. The first kappa shape index (κ1) is 26.7. The molecule has 2 aromatic carbocycles. The second-order valence-electron chi connectivity index (χ2n) is 8.85. The van der Waals surface area contributed by atoms with E-state index < -0.39 is 11.4 Å². The highest BCUT2D eigenvalue weighted by Crippen LogP contribution is 2.31. The summed E-state index contributed by atoms with van der Waals surface area (Å²) in [6, 6.07) is 11.4. The third-order valence-electron chi connectivity index (χ3n) is 6.43. The lowest BCUT2D eigenvalue weighted by atomic mass is 9.81. The molecule has 0 bridgehead atoms. The van der Waals surface area contributed by atoms with Gasteiger partial charge in [0.15, 0.2) is 0 Å². The van der Waals surface area contributed by atoms with E-state index in [1.54, 1.807) is 13.0 Å². The Balaban J connectivity index is 2.10. The van der Waals surface area contributed by atoms with Gasteiger partial charge in [-0.15, -0.1) is 0 Å². The van der Waals surface area contributed by atoms with Crippen molar-refractivity contribution in [3.8, 4) is 11.1 Å². The Bertz CT molecular complexity index is 939. The maximum atomic E-state index is 15.0. The Morgan fingerprint density at radius 3 is 2.21 bits per heavy atom. The van der Waals surface area contributed by atoms with Crippen molar-refractivity contribution in [3.63, 3.8) is 0 Å². The average molecular weight is 457 g/mol. The fourth-order valence-electron chi connectivity index (χ4n) is 3.87. The van der Waals surface area contributed by atoms with Crippen molar-refractivity contribution in [2.45, 2.75) is 59.3 Å². The number of hydrogen-bond donors (Lipinski definition) is 2. The first-order valence-electron chi connectivity index (χ1n) is 11.7. The number of ether oxygens (including phenoxy) is 1. The van der Waals surface area contributed by atoms with E-state index in [1.165, 1.54) is 0 Å². The standard InChI is InChI=1S/C28H37FO4/c1-5-23-16-22(13-14-28(6-2,18-30)19-31)9-11-24(23)25-12-10-21(17-26(25)29)8-7-15-33-27(32)20(3)4/h9-12,16-17,30-31H,3,5-8,13-15,18-19H2,1-2,4H3. The van der Waals surface area contributed by atoms with Crippen LogP contribution < -0.4 is 0 Å². The van der Waals surface area contributed by atoms with E-state index in [4.69, 9.17) is 4.74 Å². The van der Waals surface area contributed by atoms with Gasteiger partial charge < -0.3 is 14.9 Å². The zero-order valence-corrected chi connectivity index (χ0v) is 20.1. The number of rotatable bonds is 13. The van der Waals surface area contributed by atoms with Gasteiger partial charge in [-0.25, -0.2) is 9.18 Å². The predicted molar refractivity (Wildman–Crippen MR) is 131 cm³/mol. The molecule has 0 atom stereocenters. The van der Waals surface area contributed by atoms with Crippen LogP contribution in [0.3, 0.4) is 0 Å². The van der Waals surface area contributed by atoms with E-state index in [-0.39, 0.29) is 25.6 Å². The summed E-state index contributed by atoms with van der Waals surface area (Å²) in [6.07, 6.45) is 4.18. The van der Waals surface area contributed by atoms with E-state index in [9.17, 15) is 19.4 Å². The number of aryl methyl sites for hydroxylation is 3. The number of aliphatic hydroxyl groups is 2. The zero-order chi connectivity index (χ0) is 24.4. The molecule has 2 rings (SSSR count). The second-order valence-corrected chi connectivity index (χ2v) is 8.85. The van der Waals surface area contributed by atoms with Gasteiger partial charge in [0.2, 0.25) is 0 Å². The first-order chi connectivity index (χ1) is 15.8. The summed E-state index contributed by atoms with van der Waals surface area (Å²) < 4.78 is 20.1. The Morgan fingerprint density at radius 2 is 1.67 bits per heavy atom. The van der Waals surface area contributed by atoms with Gasteiger partial charge in [0, 0.05) is 16.6 Å². The normalized spacial score (nSPS) is 11.5. The lowest BCUT2D eigenvalue weighted by Gasteiger charge is -2.28. The molecule has 0 spiro atoms. The van der Waals surface area contributed by atoms with Crippen molar-refractivity contribution >= 4 is 5.97 Å². The predicted octanol–water partition coefficient (Wildman–Crippen LogP) is 5.42. The van der Waals surface area contributed by atoms with Crippen LogP contribution in [0.5, 0.6) is 0 Å². The minimum absolute atomic E-state index is 0.0351. The lowest BCUT2D eigenvalue weighted by molar-refractivity contribution is -0.139. The average Bonchev–Trinajstić information content (AvgIpc) is 2.83. The molecule has 2 N–H and O–H groups in total. The Kier molecular flexibility index (Phi) is 10.3. The highest BCUT2D eigenvalue weighted by atomic mass is 19.1. The minimum atomic E-state index is -0.462. The van der Waals surface area contributed by atoms with Gasteiger partial charge in [-0.3, -0.25) is 0 Å². The number of carbonyl (C=O) groups is 1. The van der Waals surface area contributed by atoms with E-state index >= 15 is 0 Å². The van der Waals surface area contributed by atoms with Crippen LogP contribution in [0.15, 0.2) is 48.6 Å².